The van der Waals surface area contributed by atoms with Crippen LogP contribution in [0.3, 0.4) is 0 Å². The number of para-hydroxylation sites is 1. The van der Waals surface area contributed by atoms with Gasteiger partial charge in [0.1, 0.15) is 6.73 Å². The molecular formula is C40H52N8O3S2Si. The molecule has 0 aliphatic heterocycles. The number of aryl methyl sites for hydroxylation is 1. The van der Waals surface area contributed by atoms with Crippen LogP contribution in [0.4, 0.5) is 16.8 Å². The Kier molecular flexibility index (Phi) is 10.2. The number of anilines is 2. The Labute approximate surface area is 326 Å². The van der Waals surface area contributed by atoms with Crippen molar-refractivity contribution in [3.05, 3.63) is 58.3 Å². The summed E-state index contributed by atoms with van der Waals surface area (Å²) in [5.41, 5.74) is 4.60. The van der Waals surface area contributed by atoms with Gasteiger partial charge in [-0.15, -0.1) is 10.2 Å². The predicted molar refractivity (Wildman–Crippen MR) is 219 cm³/mol. The third-order valence-electron chi connectivity index (χ3n) is 11.7. The number of carbonyl (C=O) groups is 1. The summed E-state index contributed by atoms with van der Waals surface area (Å²) in [6.07, 6.45) is 10.1. The molecule has 4 aliphatic carbocycles. The summed E-state index contributed by atoms with van der Waals surface area (Å²) in [6, 6.07) is 11.4. The maximum Gasteiger partial charge on any atom is 0.358 e. The third kappa shape index (κ3) is 7.46. The largest absolute Gasteiger partial charge is 0.461 e. The van der Waals surface area contributed by atoms with Crippen LogP contribution in [-0.4, -0.2) is 63.8 Å². The lowest BCUT2D eigenvalue weighted by Gasteiger charge is -2.56. The van der Waals surface area contributed by atoms with Crippen molar-refractivity contribution in [3.63, 3.8) is 0 Å². The van der Waals surface area contributed by atoms with E-state index in [2.05, 4.69) is 58.1 Å². The highest BCUT2D eigenvalue weighted by Gasteiger charge is 2.51. The lowest BCUT2D eigenvalue weighted by molar-refractivity contribution is -0.0638. The van der Waals surface area contributed by atoms with Crippen LogP contribution in [0.1, 0.15) is 67.2 Å². The first kappa shape index (κ1) is 37.2. The molecular weight excluding hydrogens is 733 g/mol. The van der Waals surface area contributed by atoms with Crippen LogP contribution in [-0.2, 0) is 22.7 Å². The maximum absolute atomic E-state index is 13.3. The van der Waals surface area contributed by atoms with Gasteiger partial charge in [-0.25, -0.2) is 9.78 Å². The van der Waals surface area contributed by atoms with E-state index in [1.54, 1.807) is 11.3 Å². The van der Waals surface area contributed by atoms with Gasteiger partial charge in [-0.05, 0) is 112 Å². The summed E-state index contributed by atoms with van der Waals surface area (Å²) >= 11 is 3.06. The molecule has 4 saturated carbocycles. The van der Waals surface area contributed by atoms with Crippen LogP contribution in [0.2, 0.25) is 25.7 Å². The van der Waals surface area contributed by atoms with Crippen molar-refractivity contribution < 1.29 is 14.3 Å². The second kappa shape index (κ2) is 14.7. The summed E-state index contributed by atoms with van der Waals surface area (Å²) in [4.78, 5) is 26.6. The average molecular weight is 785 g/mol. The van der Waals surface area contributed by atoms with Gasteiger partial charge in [0.15, 0.2) is 27.3 Å². The van der Waals surface area contributed by atoms with E-state index < -0.39 is 14.0 Å². The molecule has 0 saturated heterocycles. The molecule has 0 atom stereocenters. The number of benzene rings is 1. The molecule has 54 heavy (non-hydrogen) atoms. The molecule has 4 aliphatic rings. The molecule has 0 radical (unpaired) electrons. The highest BCUT2D eigenvalue weighted by molar-refractivity contribution is 7.19. The molecule has 9 rings (SSSR count). The minimum Gasteiger partial charge on any atom is -0.461 e. The zero-order chi connectivity index (χ0) is 37.8. The first-order chi connectivity index (χ1) is 25.9. The van der Waals surface area contributed by atoms with Crippen LogP contribution in [0, 0.1) is 37.0 Å². The number of thiazole rings is 2. The van der Waals surface area contributed by atoms with Gasteiger partial charge in [0.25, 0.3) is 0 Å². The number of carbonyl (C=O) groups excluding carboxylic acids is 1. The van der Waals surface area contributed by atoms with Crippen molar-refractivity contribution in [3.8, 4) is 10.4 Å². The molecule has 4 bridgehead atoms. The van der Waals surface area contributed by atoms with E-state index in [9.17, 15) is 4.79 Å². The number of hydrogen-bond acceptors (Lipinski definition) is 11. The van der Waals surface area contributed by atoms with Crippen LogP contribution in [0.25, 0.3) is 20.7 Å². The summed E-state index contributed by atoms with van der Waals surface area (Å²) in [5, 5.41) is 14.7. The van der Waals surface area contributed by atoms with E-state index in [-0.39, 0.29) is 6.61 Å². The fourth-order valence-corrected chi connectivity index (χ4v) is 12.2. The Morgan fingerprint density at radius 3 is 2.46 bits per heavy atom. The number of aromatic nitrogens is 6. The second-order valence-electron chi connectivity index (χ2n) is 17.1. The van der Waals surface area contributed by atoms with Crippen molar-refractivity contribution in [1.29, 1.82) is 0 Å². The van der Waals surface area contributed by atoms with E-state index in [1.807, 2.05) is 50.2 Å². The van der Waals surface area contributed by atoms with Gasteiger partial charge in [0.05, 0.1) is 27.9 Å². The van der Waals surface area contributed by atoms with Crippen molar-refractivity contribution >= 4 is 63.7 Å². The molecule has 0 unspecified atom stereocenters. The number of ether oxygens (including phenoxy) is 2. The van der Waals surface area contributed by atoms with Crippen LogP contribution < -0.4 is 9.70 Å². The monoisotopic (exact) mass is 784 g/mol. The first-order valence-corrected chi connectivity index (χ1v) is 24.7. The standard InChI is InChI=1S/C40H52N8O3S2Si/c1-8-51-37(49)34-35(30-22-41-48(26(30)3)23-40-19-27-16-28(20-40)18-29(17-27)21-40)53-38(42-34)46(4)33-15-25(2)36(45-44-33)43-39-47(24-50-13-14-54(5,6)7)31-11-9-10-12-32(31)52-39/h9-12,15,22,27-29H,8,13-14,16-21,23-24H2,1-7H3/b43-39-. The van der Waals surface area contributed by atoms with Gasteiger partial charge in [-0.1, -0.05) is 54.4 Å². The first-order valence-electron chi connectivity index (χ1n) is 19.4. The van der Waals surface area contributed by atoms with Gasteiger partial charge in [-0.2, -0.15) is 10.1 Å². The number of esters is 1. The Bertz CT molecular complexity index is 2210. The summed E-state index contributed by atoms with van der Waals surface area (Å²) in [5.74, 6) is 3.36. The SMILES string of the molecule is CCOC(=O)c1nc(N(C)c2cc(C)c(/N=c3\sc4ccccc4n3COCC[Si](C)(C)C)nn2)sc1-c1cnn(CC23CC4CC(CC(C4)C2)C3)c1C. The lowest BCUT2D eigenvalue weighted by Crippen LogP contribution is -2.48. The molecule has 14 heteroatoms. The topological polar surface area (TPSA) is 113 Å². The normalized spacial score (nSPS) is 22.4. The average Bonchev–Trinajstić information content (AvgIpc) is 3.81. The second-order valence-corrected chi connectivity index (χ2v) is 24.7. The van der Waals surface area contributed by atoms with Crippen molar-refractivity contribution in [1.82, 2.24) is 29.5 Å². The van der Waals surface area contributed by atoms with Crippen LogP contribution in [0.15, 0.2) is 41.5 Å². The van der Waals surface area contributed by atoms with Crippen molar-refractivity contribution in [2.75, 3.05) is 25.2 Å². The molecule has 4 heterocycles. The van der Waals surface area contributed by atoms with Gasteiger partial charge in [0, 0.05) is 39.5 Å². The number of rotatable bonds is 13. The fraction of sp³-hybridized carbons (Fsp3) is 0.550. The van der Waals surface area contributed by atoms with Gasteiger partial charge >= 0.3 is 5.97 Å². The minimum atomic E-state index is -1.21. The lowest BCUT2D eigenvalue weighted by atomic mass is 9.49. The van der Waals surface area contributed by atoms with Crippen LogP contribution >= 0.6 is 22.7 Å². The summed E-state index contributed by atoms with van der Waals surface area (Å²) in [7, 11) is 0.696. The smallest absolute Gasteiger partial charge is 0.358 e. The Hall–Kier alpha value is -3.72. The maximum atomic E-state index is 13.3. The quantitative estimate of drug-likeness (QED) is 0.0661. The number of hydrogen-bond donors (Lipinski definition) is 0. The Balaban J connectivity index is 1.06. The molecule has 4 aromatic heterocycles. The van der Waals surface area contributed by atoms with E-state index in [4.69, 9.17) is 24.5 Å². The molecule has 4 fully saturated rings. The van der Waals surface area contributed by atoms with Crippen molar-refractivity contribution in [2.45, 2.75) is 98.3 Å². The molecule has 1 aromatic carbocycles. The zero-order valence-corrected chi connectivity index (χ0v) is 35.2. The van der Waals surface area contributed by atoms with Crippen molar-refractivity contribution in [2.24, 2.45) is 28.2 Å². The van der Waals surface area contributed by atoms with E-state index in [0.717, 1.165) is 73.7 Å². The third-order valence-corrected chi connectivity index (χ3v) is 15.6. The molecule has 5 aromatic rings. The Morgan fingerprint density at radius 2 is 1.78 bits per heavy atom. The zero-order valence-electron chi connectivity index (χ0n) is 32.6. The minimum absolute atomic E-state index is 0.269. The molecule has 0 amide bonds. The highest BCUT2D eigenvalue weighted by atomic mass is 32.1. The Morgan fingerprint density at radius 1 is 1.06 bits per heavy atom. The van der Waals surface area contributed by atoms with E-state index in [1.165, 1.54) is 49.9 Å². The number of fused-ring (bicyclic) bond motifs is 1. The molecule has 11 nitrogen and oxygen atoms in total. The molecule has 286 valence electrons. The van der Waals surface area contributed by atoms with Gasteiger partial charge in [0.2, 0.25) is 0 Å². The van der Waals surface area contributed by atoms with E-state index in [0.29, 0.717) is 34.6 Å². The summed E-state index contributed by atoms with van der Waals surface area (Å²) in [6.45, 7) is 15.4. The highest BCUT2D eigenvalue weighted by Crippen LogP contribution is 2.60. The fourth-order valence-electron chi connectivity index (χ4n) is 9.30. The van der Waals surface area contributed by atoms with Gasteiger partial charge < -0.3 is 14.4 Å². The molecule has 0 N–H and O–H groups in total. The van der Waals surface area contributed by atoms with E-state index >= 15 is 0 Å². The molecule has 0 spiro atoms. The predicted octanol–water partition coefficient (Wildman–Crippen LogP) is 9.14. The summed E-state index contributed by atoms with van der Waals surface area (Å²) < 4.78 is 17.1. The number of nitrogens with zero attached hydrogens (tertiary/aromatic N) is 8. The van der Waals surface area contributed by atoms with Gasteiger partial charge in [-0.3, -0.25) is 9.25 Å². The van der Waals surface area contributed by atoms with Crippen LogP contribution in [0.5, 0.6) is 0 Å².